The van der Waals surface area contributed by atoms with Gasteiger partial charge < -0.3 is 10.0 Å². The first-order chi connectivity index (χ1) is 9.09. The normalized spacial score (nSPS) is 12.2. The number of nitrogens with zero attached hydrogens (tertiary/aromatic N) is 1. The molecule has 0 saturated carbocycles. The smallest absolute Gasteiger partial charge is 0.0781 e. The second-order valence-electron chi connectivity index (χ2n) is 5.02. The van der Waals surface area contributed by atoms with Gasteiger partial charge in [0.05, 0.1) is 6.10 Å². The van der Waals surface area contributed by atoms with E-state index in [4.69, 9.17) is 0 Å². The number of hydrogen-bond donors (Lipinski definition) is 1. The summed E-state index contributed by atoms with van der Waals surface area (Å²) in [5.74, 6) is 0. The average Bonchev–Trinajstić information content (AvgIpc) is 2.41. The first-order valence-corrected chi connectivity index (χ1v) is 6.62. The molecule has 1 N–H and O–H groups in total. The third-order valence-electron chi connectivity index (χ3n) is 3.47. The zero-order chi connectivity index (χ0) is 13.8. The van der Waals surface area contributed by atoms with Gasteiger partial charge in [0.15, 0.2) is 0 Å². The van der Waals surface area contributed by atoms with Gasteiger partial charge in [-0.1, -0.05) is 42.5 Å². The highest BCUT2D eigenvalue weighted by atomic mass is 16.3. The summed E-state index contributed by atoms with van der Waals surface area (Å²) >= 11 is 0. The third kappa shape index (κ3) is 3.15. The van der Waals surface area contributed by atoms with Crippen molar-refractivity contribution in [1.29, 1.82) is 0 Å². The van der Waals surface area contributed by atoms with E-state index in [2.05, 4.69) is 49.2 Å². The van der Waals surface area contributed by atoms with Crippen molar-refractivity contribution in [3.05, 3.63) is 65.2 Å². The minimum atomic E-state index is -0.449. The zero-order valence-electron chi connectivity index (χ0n) is 11.8. The summed E-state index contributed by atoms with van der Waals surface area (Å²) < 4.78 is 0. The van der Waals surface area contributed by atoms with Crippen molar-refractivity contribution in [3.8, 4) is 0 Å². The summed E-state index contributed by atoms with van der Waals surface area (Å²) in [6.45, 7) is 4.78. The van der Waals surface area contributed by atoms with Crippen LogP contribution in [0.1, 0.15) is 29.7 Å². The summed E-state index contributed by atoms with van der Waals surface area (Å²) in [5, 5.41) is 9.85. The van der Waals surface area contributed by atoms with Crippen molar-refractivity contribution in [2.75, 3.05) is 11.9 Å². The Balaban J connectivity index is 2.26. The van der Waals surface area contributed by atoms with Crippen molar-refractivity contribution in [3.63, 3.8) is 0 Å². The molecule has 0 heterocycles. The molecule has 1 atom stereocenters. The highest BCUT2D eigenvalue weighted by Gasteiger charge is 2.11. The number of anilines is 1. The Morgan fingerprint density at radius 2 is 1.68 bits per heavy atom. The van der Waals surface area contributed by atoms with Crippen LogP contribution in [0.3, 0.4) is 0 Å². The average molecular weight is 255 g/mol. The number of benzene rings is 2. The van der Waals surface area contributed by atoms with Gasteiger partial charge in [-0.3, -0.25) is 0 Å². The minimum absolute atomic E-state index is 0.449. The monoisotopic (exact) mass is 255 g/mol. The van der Waals surface area contributed by atoms with Crippen LogP contribution in [-0.2, 0) is 6.54 Å². The van der Waals surface area contributed by atoms with E-state index in [1.807, 2.05) is 18.2 Å². The lowest BCUT2D eigenvalue weighted by Gasteiger charge is -2.24. The number of aliphatic hydroxyl groups is 1. The molecule has 1 unspecified atom stereocenters. The fourth-order valence-corrected chi connectivity index (χ4v) is 2.32. The van der Waals surface area contributed by atoms with Gasteiger partial charge >= 0.3 is 0 Å². The Bertz CT molecular complexity index is 548. The Hall–Kier alpha value is -1.80. The van der Waals surface area contributed by atoms with E-state index >= 15 is 0 Å². The molecule has 0 aliphatic rings. The quantitative estimate of drug-likeness (QED) is 0.900. The summed E-state index contributed by atoms with van der Waals surface area (Å²) in [5.41, 5.74) is 4.66. The molecule has 0 radical (unpaired) electrons. The van der Waals surface area contributed by atoms with Crippen LogP contribution in [0.15, 0.2) is 48.5 Å². The molecule has 2 rings (SSSR count). The van der Waals surface area contributed by atoms with Crippen molar-refractivity contribution in [2.45, 2.75) is 26.5 Å². The fraction of sp³-hybridized carbons (Fsp3) is 0.294. The van der Waals surface area contributed by atoms with E-state index < -0.39 is 6.10 Å². The maximum atomic E-state index is 9.85. The highest BCUT2D eigenvalue weighted by molar-refractivity contribution is 5.54. The lowest BCUT2D eigenvalue weighted by atomic mass is 10.1. The molecule has 2 aromatic carbocycles. The topological polar surface area (TPSA) is 23.5 Å². The summed E-state index contributed by atoms with van der Waals surface area (Å²) in [6.07, 6.45) is -0.449. The van der Waals surface area contributed by atoms with E-state index in [0.29, 0.717) is 0 Å². The molecule has 100 valence electrons. The highest BCUT2D eigenvalue weighted by Crippen LogP contribution is 2.26. The number of hydrogen-bond acceptors (Lipinski definition) is 2. The predicted octanol–water partition coefficient (Wildman–Crippen LogP) is 3.68. The van der Waals surface area contributed by atoms with E-state index in [1.165, 1.54) is 11.1 Å². The molecule has 0 saturated heterocycles. The maximum absolute atomic E-state index is 9.85. The van der Waals surface area contributed by atoms with Crippen LogP contribution in [0.4, 0.5) is 5.69 Å². The summed E-state index contributed by atoms with van der Waals surface area (Å²) in [4.78, 5) is 2.18. The van der Waals surface area contributed by atoms with Crippen LogP contribution in [0.5, 0.6) is 0 Å². The van der Waals surface area contributed by atoms with Gasteiger partial charge in [0.25, 0.3) is 0 Å². The minimum Gasteiger partial charge on any atom is -0.389 e. The third-order valence-corrected chi connectivity index (χ3v) is 3.47. The Morgan fingerprint density at radius 3 is 2.37 bits per heavy atom. The number of rotatable bonds is 4. The first kappa shape index (κ1) is 13.6. The molecule has 0 aromatic heterocycles. The van der Waals surface area contributed by atoms with Crippen LogP contribution in [0, 0.1) is 6.92 Å². The standard InChI is InChI=1S/C17H21NO/c1-13-8-4-5-9-15(13)12-18(3)17-11-7-6-10-16(17)14(2)19/h4-11,14,19H,12H2,1-3H3. The maximum Gasteiger partial charge on any atom is 0.0781 e. The Morgan fingerprint density at radius 1 is 1.05 bits per heavy atom. The first-order valence-electron chi connectivity index (χ1n) is 6.62. The van der Waals surface area contributed by atoms with E-state index in [0.717, 1.165) is 17.8 Å². The lowest BCUT2D eigenvalue weighted by molar-refractivity contribution is 0.199. The summed E-state index contributed by atoms with van der Waals surface area (Å²) in [7, 11) is 2.06. The Kier molecular flexibility index (Phi) is 4.23. The molecule has 2 nitrogen and oxygen atoms in total. The fourth-order valence-electron chi connectivity index (χ4n) is 2.32. The van der Waals surface area contributed by atoms with Gasteiger partial charge in [-0.25, -0.2) is 0 Å². The van der Waals surface area contributed by atoms with Gasteiger partial charge in [-0.2, -0.15) is 0 Å². The SMILES string of the molecule is Cc1ccccc1CN(C)c1ccccc1C(C)O. The van der Waals surface area contributed by atoms with Crippen LogP contribution < -0.4 is 4.90 Å². The molecule has 2 aromatic rings. The lowest BCUT2D eigenvalue weighted by Crippen LogP contribution is -2.19. The molecule has 19 heavy (non-hydrogen) atoms. The molecule has 0 fully saturated rings. The van der Waals surface area contributed by atoms with Gasteiger partial charge in [0.2, 0.25) is 0 Å². The van der Waals surface area contributed by atoms with Crippen LogP contribution >= 0.6 is 0 Å². The molecule has 0 aliphatic carbocycles. The molecular weight excluding hydrogens is 234 g/mol. The number of aliphatic hydroxyl groups excluding tert-OH is 1. The van der Waals surface area contributed by atoms with Gasteiger partial charge in [-0.15, -0.1) is 0 Å². The van der Waals surface area contributed by atoms with Crippen LogP contribution in [-0.4, -0.2) is 12.2 Å². The summed E-state index contributed by atoms with van der Waals surface area (Å²) in [6, 6.07) is 16.4. The molecule has 0 amide bonds. The van der Waals surface area contributed by atoms with Gasteiger partial charge in [0, 0.05) is 24.8 Å². The van der Waals surface area contributed by atoms with E-state index in [1.54, 1.807) is 6.92 Å². The molecular formula is C17H21NO. The van der Waals surface area contributed by atoms with Crippen molar-refractivity contribution in [1.82, 2.24) is 0 Å². The van der Waals surface area contributed by atoms with Gasteiger partial charge in [0.1, 0.15) is 0 Å². The molecule has 0 aliphatic heterocycles. The molecule has 2 heteroatoms. The molecule has 0 bridgehead atoms. The molecule has 0 spiro atoms. The van der Waals surface area contributed by atoms with Crippen molar-refractivity contribution < 1.29 is 5.11 Å². The van der Waals surface area contributed by atoms with Crippen molar-refractivity contribution >= 4 is 5.69 Å². The van der Waals surface area contributed by atoms with E-state index in [-0.39, 0.29) is 0 Å². The Labute approximate surface area is 115 Å². The second kappa shape index (κ2) is 5.89. The largest absolute Gasteiger partial charge is 0.389 e. The van der Waals surface area contributed by atoms with Gasteiger partial charge in [-0.05, 0) is 31.0 Å². The number of aryl methyl sites for hydroxylation is 1. The predicted molar refractivity (Wildman–Crippen MR) is 80.4 cm³/mol. The van der Waals surface area contributed by atoms with Crippen molar-refractivity contribution in [2.24, 2.45) is 0 Å². The van der Waals surface area contributed by atoms with E-state index in [9.17, 15) is 5.11 Å². The van der Waals surface area contributed by atoms with Crippen LogP contribution in [0.2, 0.25) is 0 Å². The second-order valence-corrected chi connectivity index (χ2v) is 5.02. The number of para-hydroxylation sites is 1. The zero-order valence-corrected chi connectivity index (χ0v) is 11.8. The van der Waals surface area contributed by atoms with Crippen LogP contribution in [0.25, 0.3) is 0 Å².